The summed E-state index contributed by atoms with van der Waals surface area (Å²) in [7, 11) is 0. The number of ether oxygens (including phenoxy) is 1. The molecule has 0 amide bonds. The number of ketones is 1. The number of Topliss-reactive ketones (excluding diaryl/α,β-unsaturated/α-hetero) is 1. The van der Waals surface area contributed by atoms with Crippen molar-refractivity contribution >= 4 is 23.1 Å². The fourth-order valence-corrected chi connectivity index (χ4v) is 2.32. The molecule has 1 aliphatic rings. The summed E-state index contributed by atoms with van der Waals surface area (Å²) in [6.45, 7) is 4.67. The van der Waals surface area contributed by atoms with Crippen LogP contribution in [0.5, 0.6) is 0 Å². The summed E-state index contributed by atoms with van der Waals surface area (Å²) >= 11 is 0. The molecule has 3 rings (SSSR count). The topological polar surface area (TPSA) is 67.4 Å². The second kappa shape index (κ2) is 6.53. The predicted molar refractivity (Wildman–Crippen MR) is 84.8 cm³/mol. The minimum absolute atomic E-state index is 0.0585. The molecule has 0 unspecified atom stereocenters. The number of hydrogen-bond donors (Lipinski definition) is 1. The van der Waals surface area contributed by atoms with E-state index in [0.29, 0.717) is 5.56 Å². The van der Waals surface area contributed by atoms with Gasteiger partial charge in [-0.05, 0) is 31.2 Å². The monoisotopic (exact) mass is 298 g/mol. The number of anilines is 3. The van der Waals surface area contributed by atoms with Gasteiger partial charge in [0.05, 0.1) is 13.2 Å². The first kappa shape index (κ1) is 14.5. The summed E-state index contributed by atoms with van der Waals surface area (Å²) in [6.07, 6.45) is 1.55. The largest absolute Gasteiger partial charge is 0.378 e. The molecule has 2 aromatic rings. The minimum Gasteiger partial charge on any atom is -0.378 e. The third-order valence-corrected chi connectivity index (χ3v) is 3.55. The molecule has 0 radical (unpaired) electrons. The first-order valence-corrected chi connectivity index (χ1v) is 7.25. The van der Waals surface area contributed by atoms with E-state index in [9.17, 15) is 4.79 Å². The second-order valence-electron chi connectivity index (χ2n) is 5.12. The van der Waals surface area contributed by atoms with Gasteiger partial charge in [0, 0.05) is 30.4 Å². The van der Waals surface area contributed by atoms with Crippen LogP contribution in [0.15, 0.2) is 36.7 Å². The zero-order valence-electron chi connectivity index (χ0n) is 12.5. The highest BCUT2D eigenvalue weighted by Gasteiger charge is 2.13. The van der Waals surface area contributed by atoms with Crippen LogP contribution in [0.2, 0.25) is 0 Å². The molecule has 0 bridgehead atoms. The van der Waals surface area contributed by atoms with Crippen molar-refractivity contribution < 1.29 is 9.53 Å². The van der Waals surface area contributed by atoms with E-state index in [-0.39, 0.29) is 5.78 Å². The molecule has 114 valence electrons. The first-order valence-electron chi connectivity index (χ1n) is 7.25. The standard InChI is InChI=1S/C16H18N4O2/c1-12(21)13-2-4-14(5-3-13)19-15-10-16(18-11-17-15)20-6-8-22-9-7-20/h2-5,10-11H,6-9H2,1H3,(H,17,18,19). The molecular weight excluding hydrogens is 280 g/mol. The van der Waals surface area contributed by atoms with Gasteiger partial charge >= 0.3 is 0 Å². The Labute approximate surface area is 129 Å². The summed E-state index contributed by atoms with van der Waals surface area (Å²) in [6, 6.07) is 9.26. The molecule has 0 spiro atoms. The number of carbonyl (C=O) groups excluding carboxylic acids is 1. The summed E-state index contributed by atoms with van der Waals surface area (Å²) in [5.74, 6) is 1.68. The van der Waals surface area contributed by atoms with Crippen molar-refractivity contribution in [3.8, 4) is 0 Å². The quantitative estimate of drug-likeness (QED) is 0.873. The SMILES string of the molecule is CC(=O)c1ccc(Nc2cc(N3CCOCC3)ncn2)cc1. The number of carbonyl (C=O) groups is 1. The van der Waals surface area contributed by atoms with Crippen LogP contribution in [0, 0.1) is 0 Å². The lowest BCUT2D eigenvalue weighted by molar-refractivity contribution is 0.101. The Hall–Kier alpha value is -2.47. The van der Waals surface area contributed by atoms with Crippen molar-refractivity contribution in [2.75, 3.05) is 36.5 Å². The molecular formula is C16H18N4O2. The number of nitrogens with one attached hydrogen (secondary N) is 1. The van der Waals surface area contributed by atoms with E-state index in [4.69, 9.17) is 4.74 Å². The van der Waals surface area contributed by atoms with E-state index >= 15 is 0 Å². The zero-order valence-corrected chi connectivity index (χ0v) is 12.5. The third-order valence-electron chi connectivity index (χ3n) is 3.55. The lowest BCUT2D eigenvalue weighted by Crippen LogP contribution is -2.36. The Balaban J connectivity index is 1.73. The maximum absolute atomic E-state index is 11.3. The molecule has 6 heteroatoms. The van der Waals surface area contributed by atoms with Gasteiger partial charge in [-0.15, -0.1) is 0 Å². The van der Waals surface area contributed by atoms with Crippen LogP contribution >= 0.6 is 0 Å². The van der Waals surface area contributed by atoms with Gasteiger partial charge in [-0.25, -0.2) is 9.97 Å². The van der Waals surface area contributed by atoms with Gasteiger partial charge in [0.1, 0.15) is 18.0 Å². The van der Waals surface area contributed by atoms with Crippen molar-refractivity contribution in [1.29, 1.82) is 0 Å². The first-order chi connectivity index (χ1) is 10.7. The van der Waals surface area contributed by atoms with Crippen LogP contribution in [-0.2, 0) is 4.74 Å². The van der Waals surface area contributed by atoms with Gasteiger partial charge in [0.2, 0.25) is 0 Å². The lowest BCUT2D eigenvalue weighted by atomic mass is 10.1. The molecule has 2 heterocycles. The third kappa shape index (κ3) is 3.40. The molecule has 1 saturated heterocycles. The van der Waals surface area contributed by atoms with Crippen molar-refractivity contribution in [1.82, 2.24) is 9.97 Å². The molecule has 6 nitrogen and oxygen atoms in total. The van der Waals surface area contributed by atoms with Gasteiger partial charge in [-0.3, -0.25) is 4.79 Å². The highest BCUT2D eigenvalue weighted by molar-refractivity contribution is 5.94. The molecule has 1 aromatic heterocycles. The highest BCUT2D eigenvalue weighted by atomic mass is 16.5. The van der Waals surface area contributed by atoms with E-state index in [2.05, 4.69) is 20.2 Å². The number of rotatable bonds is 4. The number of hydrogen-bond acceptors (Lipinski definition) is 6. The van der Waals surface area contributed by atoms with Crippen molar-refractivity contribution in [2.24, 2.45) is 0 Å². The Morgan fingerprint density at radius 1 is 1.18 bits per heavy atom. The second-order valence-corrected chi connectivity index (χ2v) is 5.12. The van der Waals surface area contributed by atoms with Gasteiger partial charge < -0.3 is 15.0 Å². The molecule has 0 aliphatic carbocycles. The van der Waals surface area contributed by atoms with E-state index in [1.165, 1.54) is 0 Å². The van der Waals surface area contributed by atoms with Gasteiger partial charge in [0.15, 0.2) is 5.78 Å². The van der Waals surface area contributed by atoms with Crippen molar-refractivity contribution in [2.45, 2.75) is 6.92 Å². The van der Waals surface area contributed by atoms with Crippen LogP contribution < -0.4 is 10.2 Å². The Kier molecular flexibility index (Phi) is 4.29. The lowest BCUT2D eigenvalue weighted by Gasteiger charge is -2.27. The van der Waals surface area contributed by atoms with Gasteiger partial charge in [-0.1, -0.05) is 0 Å². The summed E-state index contributed by atoms with van der Waals surface area (Å²) < 4.78 is 5.35. The predicted octanol–water partition coefficient (Wildman–Crippen LogP) is 2.26. The number of aromatic nitrogens is 2. The molecule has 22 heavy (non-hydrogen) atoms. The van der Waals surface area contributed by atoms with Gasteiger partial charge in [0.25, 0.3) is 0 Å². The minimum atomic E-state index is 0.0585. The molecule has 1 aromatic carbocycles. The van der Waals surface area contributed by atoms with Crippen LogP contribution in [0.3, 0.4) is 0 Å². The zero-order chi connectivity index (χ0) is 15.4. The fraction of sp³-hybridized carbons (Fsp3) is 0.312. The van der Waals surface area contributed by atoms with E-state index in [0.717, 1.165) is 43.6 Å². The van der Waals surface area contributed by atoms with E-state index in [1.54, 1.807) is 25.4 Å². The maximum Gasteiger partial charge on any atom is 0.159 e. The number of benzene rings is 1. The number of nitrogens with zero attached hydrogens (tertiary/aromatic N) is 3. The molecule has 1 N–H and O–H groups in total. The summed E-state index contributed by atoms with van der Waals surface area (Å²) in [4.78, 5) is 22.0. The molecule has 0 saturated carbocycles. The van der Waals surface area contributed by atoms with Crippen LogP contribution in [0.4, 0.5) is 17.3 Å². The van der Waals surface area contributed by atoms with Crippen molar-refractivity contribution in [3.63, 3.8) is 0 Å². The smallest absolute Gasteiger partial charge is 0.159 e. The average molecular weight is 298 g/mol. The Morgan fingerprint density at radius 3 is 2.59 bits per heavy atom. The van der Waals surface area contributed by atoms with Crippen LogP contribution in [-0.4, -0.2) is 42.1 Å². The Bertz CT molecular complexity index is 651. The maximum atomic E-state index is 11.3. The van der Waals surface area contributed by atoms with Crippen LogP contribution in [0.25, 0.3) is 0 Å². The van der Waals surface area contributed by atoms with Gasteiger partial charge in [-0.2, -0.15) is 0 Å². The van der Waals surface area contributed by atoms with E-state index in [1.807, 2.05) is 18.2 Å². The Morgan fingerprint density at radius 2 is 1.91 bits per heavy atom. The van der Waals surface area contributed by atoms with E-state index < -0.39 is 0 Å². The van der Waals surface area contributed by atoms with Crippen LogP contribution in [0.1, 0.15) is 17.3 Å². The molecule has 0 atom stereocenters. The highest BCUT2D eigenvalue weighted by Crippen LogP contribution is 2.19. The number of morpholine rings is 1. The fourth-order valence-electron chi connectivity index (χ4n) is 2.32. The normalized spacial score (nSPS) is 14.7. The molecule has 1 aliphatic heterocycles. The summed E-state index contributed by atoms with van der Waals surface area (Å²) in [5.41, 5.74) is 1.58. The average Bonchev–Trinajstić information content (AvgIpc) is 2.56. The summed E-state index contributed by atoms with van der Waals surface area (Å²) in [5, 5.41) is 3.23. The molecule has 1 fully saturated rings. The van der Waals surface area contributed by atoms with Crippen molar-refractivity contribution in [3.05, 3.63) is 42.2 Å².